The number of carboxylic acid groups (broad SMARTS) is 1. The fourth-order valence-corrected chi connectivity index (χ4v) is 1.17. The summed E-state index contributed by atoms with van der Waals surface area (Å²) in [6.07, 6.45) is 0. The van der Waals surface area contributed by atoms with Crippen molar-refractivity contribution in [1.82, 2.24) is 4.98 Å². The molecule has 0 spiro atoms. The van der Waals surface area contributed by atoms with Crippen molar-refractivity contribution in [2.45, 2.75) is 12.3 Å². The molecule has 64 valence electrons. The van der Waals surface area contributed by atoms with Gasteiger partial charge < -0.3 is 5.11 Å². The summed E-state index contributed by atoms with van der Waals surface area (Å²) in [6, 6.07) is 3.56. The number of halogens is 1. The van der Waals surface area contributed by atoms with Gasteiger partial charge in [-0.15, -0.1) is 0 Å². The topological polar surface area (TPSA) is 50.2 Å². The first-order valence-electron chi connectivity index (χ1n) is 3.41. The van der Waals surface area contributed by atoms with Crippen molar-refractivity contribution in [3.05, 3.63) is 29.1 Å². The van der Waals surface area contributed by atoms with Crippen LogP contribution in [0.25, 0.3) is 0 Å². The zero-order valence-electron chi connectivity index (χ0n) is 6.54. The van der Waals surface area contributed by atoms with Gasteiger partial charge in [-0.3, -0.25) is 0 Å². The molecule has 1 heterocycles. The molecule has 0 aliphatic heterocycles. The zero-order valence-corrected chi connectivity index (χ0v) is 8.13. The average Bonchev–Trinajstić information content (AvgIpc) is 2.05. The molecule has 0 radical (unpaired) electrons. The number of alkyl halides is 1. The summed E-state index contributed by atoms with van der Waals surface area (Å²) in [6.45, 7) is 1.73. The maximum atomic E-state index is 10.6. The van der Waals surface area contributed by atoms with Crippen LogP contribution in [0.3, 0.4) is 0 Å². The summed E-state index contributed by atoms with van der Waals surface area (Å²) in [5, 5.41) is 9.28. The maximum absolute atomic E-state index is 10.6. The Kier molecular flexibility index (Phi) is 2.81. The summed E-state index contributed by atoms with van der Waals surface area (Å²) in [7, 11) is 0. The highest BCUT2D eigenvalue weighted by Crippen LogP contribution is 2.08. The quantitative estimate of drug-likeness (QED) is 0.790. The lowest BCUT2D eigenvalue weighted by molar-refractivity contribution is 0.0689. The van der Waals surface area contributed by atoms with Crippen LogP contribution < -0.4 is 0 Å². The molecule has 0 aliphatic carbocycles. The van der Waals surface area contributed by atoms with Gasteiger partial charge in [0.25, 0.3) is 0 Å². The van der Waals surface area contributed by atoms with Crippen molar-refractivity contribution in [3.8, 4) is 0 Å². The van der Waals surface area contributed by atoms with Crippen molar-refractivity contribution >= 4 is 21.9 Å². The minimum absolute atomic E-state index is 0.131. The molecule has 0 amide bonds. The highest BCUT2D eigenvalue weighted by atomic mass is 79.9. The second-order valence-electron chi connectivity index (χ2n) is 2.41. The largest absolute Gasteiger partial charge is 0.477 e. The van der Waals surface area contributed by atoms with Gasteiger partial charge >= 0.3 is 5.97 Å². The number of rotatable bonds is 2. The number of aryl methyl sites for hydroxylation is 1. The Balaban J connectivity index is 3.17. The minimum atomic E-state index is -0.977. The molecule has 0 unspecified atom stereocenters. The van der Waals surface area contributed by atoms with Gasteiger partial charge in [-0.25, -0.2) is 9.78 Å². The van der Waals surface area contributed by atoms with Gasteiger partial charge in [0.15, 0.2) is 5.69 Å². The highest BCUT2D eigenvalue weighted by Gasteiger charge is 2.08. The second kappa shape index (κ2) is 3.67. The van der Waals surface area contributed by atoms with Gasteiger partial charge in [-0.05, 0) is 18.6 Å². The van der Waals surface area contributed by atoms with E-state index >= 15 is 0 Å². The van der Waals surface area contributed by atoms with E-state index in [1.807, 2.05) is 0 Å². The highest BCUT2D eigenvalue weighted by molar-refractivity contribution is 9.08. The Hall–Kier alpha value is -0.900. The number of carboxylic acids is 1. The Bertz CT molecular complexity index is 312. The lowest BCUT2D eigenvalue weighted by atomic mass is 10.2. The first kappa shape index (κ1) is 9.19. The number of carbonyl (C=O) groups is 1. The molecule has 0 saturated carbocycles. The number of nitrogens with zero attached hydrogens (tertiary/aromatic N) is 1. The van der Waals surface area contributed by atoms with Gasteiger partial charge in [0.1, 0.15) is 0 Å². The van der Waals surface area contributed by atoms with Crippen molar-refractivity contribution < 1.29 is 9.90 Å². The minimum Gasteiger partial charge on any atom is -0.477 e. The molecule has 1 aromatic rings. The van der Waals surface area contributed by atoms with Crippen LogP contribution in [0.15, 0.2) is 12.1 Å². The van der Waals surface area contributed by atoms with E-state index in [9.17, 15) is 4.79 Å². The summed E-state index contributed by atoms with van der Waals surface area (Å²) in [4.78, 5) is 14.6. The third-order valence-electron chi connectivity index (χ3n) is 1.49. The zero-order chi connectivity index (χ0) is 9.14. The number of hydrogen-bond acceptors (Lipinski definition) is 2. The smallest absolute Gasteiger partial charge is 0.354 e. The van der Waals surface area contributed by atoms with E-state index in [2.05, 4.69) is 20.9 Å². The van der Waals surface area contributed by atoms with Crippen LogP contribution in [-0.2, 0) is 5.33 Å². The summed E-state index contributed by atoms with van der Waals surface area (Å²) < 4.78 is 0. The Morgan fingerprint density at radius 2 is 2.33 bits per heavy atom. The third kappa shape index (κ3) is 1.82. The molecule has 3 nitrogen and oxygen atoms in total. The molecule has 0 saturated heterocycles. The molecular formula is C8H8BrNO2. The monoisotopic (exact) mass is 229 g/mol. The number of hydrogen-bond donors (Lipinski definition) is 1. The third-order valence-corrected chi connectivity index (χ3v) is 2.07. The van der Waals surface area contributed by atoms with Crippen LogP contribution in [0.2, 0.25) is 0 Å². The van der Waals surface area contributed by atoms with Crippen LogP contribution in [-0.4, -0.2) is 16.1 Å². The van der Waals surface area contributed by atoms with E-state index < -0.39 is 5.97 Å². The fourth-order valence-electron chi connectivity index (χ4n) is 0.860. The number of pyridine rings is 1. The number of aromatic nitrogens is 1. The van der Waals surface area contributed by atoms with Crippen LogP contribution in [0, 0.1) is 6.92 Å². The first-order valence-corrected chi connectivity index (χ1v) is 4.53. The first-order chi connectivity index (χ1) is 5.65. The lowest BCUT2D eigenvalue weighted by Gasteiger charge is -2.00. The van der Waals surface area contributed by atoms with Crippen LogP contribution in [0.1, 0.15) is 21.7 Å². The van der Waals surface area contributed by atoms with E-state index in [0.717, 1.165) is 5.69 Å². The van der Waals surface area contributed by atoms with Gasteiger partial charge in [0.2, 0.25) is 0 Å². The summed E-state index contributed by atoms with van der Waals surface area (Å²) in [5.41, 5.74) is 1.55. The SMILES string of the molecule is Cc1ccc(CBr)nc1C(=O)O. The van der Waals surface area contributed by atoms with Crippen molar-refractivity contribution in [2.75, 3.05) is 0 Å². The molecule has 0 atom stereocenters. The van der Waals surface area contributed by atoms with E-state index in [1.54, 1.807) is 19.1 Å². The van der Waals surface area contributed by atoms with Gasteiger partial charge in [-0.1, -0.05) is 22.0 Å². The van der Waals surface area contributed by atoms with E-state index in [1.165, 1.54) is 0 Å². The van der Waals surface area contributed by atoms with Gasteiger partial charge in [-0.2, -0.15) is 0 Å². The predicted molar refractivity (Wildman–Crippen MR) is 48.6 cm³/mol. The fraction of sp³-hybridized carbons (Fsp3) is 0.250. The second-order valence-corrected chi connectivity index (χ2v) is 2.97. The van der Waals surface area contributed by atoms with Crippen molar-refractivity contribution in [3.63, 3.8) is 0 Å². The molecule has 12 heavy (non-hydrogen) atoms. The maximum Gasteiger partial charge on any atom is 0.354 e. The molecule has 0 bridgehead atoms. The molecule has 0 fully saturated rings. The van der Waals surface area contributed by atoms with Crippen LogP contribution >= 0.6 is 15.9 Å². The standard InChI is InChI=1S/C8H8BrNO2/c1-5-2-3-6(4-9)10-7(5)8(11)12/h2-3H,4H2,1H3,(H,11,12). The van der Waals surface area contributed by atoms with E-state index in [0.29, 0.717) is 10.9 Å². The van der Waals surface area contributed by atoms with E-state index in [-0.39, 0.29) is 5.69 Å². The van der Waals surface area contributed by atoms with Crippen LogP contribution in [0.4, 0.5) is 0 Å². The lowest BCUT2D eigenvalue weighted by Crippen LogP contribution is -2.04. The van der Waals surface area contributed by atoms with Crippen molar-refractivity contribution in [2.24, 2.45) is 0 Å². The normalized spacial score (nSPS) is 9.83. The van der Waals surface area contributed by atoms with E-state index in [4.69, 9.17) is 5.11 Å². The average molecular weight is 230 g/mol. The predicted octanol–water partition coefficient (Wildman–Crippen LogP) is 1.98. The molecule has 1 rings (SSSR count). The Morgan fingerprint density at radius 3 is 2.83 bits per heavy atom. The van der Waals surface area contributed by atoms with Gasteiger partial charge in [0, 0.05) is 5.33 Å². The number of aromatic carboxylic acids is 1. The van der Waals surface area contributed by atoms with Crippen LogP contribution in [0.5, 0.6) is 0 Å². The Labute approximate surface area is 78.6 Å². The molecular weight excluding hydrogens is 222 g/mol. The van der Waals surface area contributed by atoms with Crippen molar-refractivity contribution in [1.29, 1.82) is 0 Å². The van der Waals surface area contributed by atoms with Gasteiger partial charge in [0.05, 0.1) is 5.69 Å². The molecule has 1 N–H and O–H groups in total. The summed E-state index contributed by atoms with van der Waals surface area (Å²) >= 11 is 3.21. The molecule has 1 aromatic heterocycles. The molecule has 4 heteroatoms. The molecule has 0 aromatic carbocycles. The summed E-state index contributed by atoms with van der Waals surface area (Å²) in [5.74, 6) is -0.977. The molecule has 0 aliphatic rings. The Morgan fingerprint density at radius 1 is 1.67 bits per heavy atom.